The molecule has 7 nitrogen and oxygen atoms in total. The molecule has 0 bridgehead atoms. The van der Waals surface area contributed by atoms with Crippen molar-refractivity contribution in [3.63, 3.8) is 0 Å². The Bertz CT molecular complexity index is 997. The van der Waals surface area contributed by atoms with Crippen molar-refractivity contribution in [3.8, 4) is 5.75 Å². The Labute approximate surface area is 189 Å². The van der Waals surface area contributed by atoms with Gasteiger partial charge in [0.1, 0.15) is 18.1 Å². The van der Waals surface area contributed by atoms with E-state index in [9.17, 15) is 22.8 Å². The number of esters is 1. The van der Waals surface area contributed by atoms with Gasteiger partial charge in [-0.05, 0) is 41.8 Å². The Balaban J connectivity index is 1.75. The van der Waals surface area contributed by atoms with Crippen LogP contribution in [-0.4, -0.2) is 55.2 Å². The molecule has 0 saturated heterocycles. The molecule has 10 heteroatoms. The molecule has 1 aromatic carbocycles. The summed E-state index contributed by atoms with van der Waals surface area (Å²) in [5.74, 6) is -1.04. The number of nitrogens with zero attached hydrogens (tertiary/aromatic N) is 2. The second-order valence-corrected chi connectivity index (χ2v) is 7.78. The summed E-state index contributed by atoms with van der Waals surface area (Å²) in [5.41, 5.74) is 2.11. The molecule has 33 heavy (non-hydrogen) atoms. The summed E-state index contributed by atoms with van der Waals surface area (Å²) in [6.07, 6.45) is -4.13. The van der Waals surface area contributed by atoms with Gasteiger partial charge in [0, 0.05) is 25.7 Å². The maximum absolute atomic E-state index is 13.1. The van der Waals surface area contributed by atoms with E-state index in [1.165, 1.54) is 7.11 Å². The van der Waals surface area contributed by atoms with Gasteiger partial charge in [-0.15, -0.1) is 0 Å². The van der Waals surface area contributed by atoms with Crippen LogP contribution in [0.4, 0.5) is 19.0 Å². The van der Waals surface area contributed by atoms with E-state index in [-0.39, 0.29) is 19.4 Å². The maximum atomic E-state index is 13.1. The number of carbonyl (C=O) groups is 2. The fourth-order valence-corrected chi connectivity index (χ4v) is 3.76. The third-order valence-corrected chi connectivity index (χ3v) is 5.37. The number of amides is 1. The second-order valence-electron chi connectivity index (χ2n) is 7.78. The Morgan fingerprint density at radius 3 is 2.73 bits per heavy atom. The predicted molar refractivity (Wildman–Crippen MR) is 115 cm³/mol. The first-order chi connectivity index (χ1) is 15.7. The minimum atomic E-state index is -4.56. The Kier molecular flexibility index (Phi) is 7.78. The topological polar surface area (TPSA) is 80.8 Å². The highest BCUT2D eigenvalue weighted by atomic mass is 19.4. The first-order valence-electron chi connectivity index (χ1n) is 10.5. The molecule has 1 N–H and O–H groups in total. The van der Waals surface area contributed by atoms with Crippen LogP contribution in [0.1, 0.15) is 23.2 Å². The molecule has 0 spiro atoms. The number of hydrogen-bond donors (Lipinski definition) is 1. The predicted octanol–water partition coefficient (Wildman–Crippen LogP) is 3.37. The normalized spacial score (nSPS) is 16.1. The summed E-state index contributed by atoms with van der Waals surface area (Å²) in [6, 6.07) is 10.7. The average molecular weight is 465 g/mol. The molecule has 2 aromatic rings. The highest BCUT2D eigenvalue weighted by molar-refractivity contribution is 5.84. The van der Waals surface area contributed by atoms with E-state index in [1.807, 2.05) is 18.2 Å². The van der Waals surface area contributed by atoms with Crippen molar-refractivity contribution in [2.75, 3.05) is 32.6 Å². The fourth-order valence-electron chi connectivity index (χ4n) is 3.76. The lowest BCUT2D eigenvalue weighted by Gasteiger charge is -2.25. The third-order valence-electron chi connectivity index (χ3n) is 5.37. The number of rotatable bonds is 8. The van der Waals surface area contributed by atoms with Gasteiger partial charge in [0.15, 0.2) is 0 Å². The number of alkyl halides is 3. The molecule has 0 fully saturated rings. The first-order valence-corrected chi connectivity index (χ1v) is 10.5. The van der Waals surface area contributed by atoms with Crippen molar-refractivity contribution >= 4 is 17.7 Å². The number of ether oxygens (including phenoxy) is 2. The minimum Gasteiger partial charge on any atom is -0.493 e. The lowest BCUT2D eigenvalue weighted by Crippen LogP contribution is -2.41. The van der Waals surface area contributed by atoms with Crippen molar-refractivity contribution in [1.29, 1.82) is 0 Å². The Morgan fingerprint density at radius 1 is 1.24 bits per heavy atom. The molecule has 178 valence electrons. The monoisotopic (exact) mass is 465 g/mol. The van der Waals surface area contributed by atoms with E-state index >= 15 is 0 Å². The SMILES string of the molecule is CNc1cccc(CCOc2ccc3c(c2)CN(CC(F)(F)F)C(=O)C(CC(=O)OC)C3)n1. The maximum Gasteiger partial charge on any atom is 0.406 e. The summed E-state index contributed by atoms with van der Waals surface area (Å²) in [6.45, 7) is -1.27. The Morgan fingerprint density at radius 2 is 2.03 bits per heavy atom. The number of methoxy groups -OCH3 is 1. The highest BCUT2D eigenvalue weighted by Crippen LogP contribution is 2.30. The van der Waals surface area contributed by atoms with Crippen LogP contribution in [0, 0.1) is 5.92 Å². The Hall–Kier alpha value is -3.30. The number of carbonyl (C=O) groups excluding carboxylic acids is 2. The minimum absolute atomic E-state index is 0.151. The first kappa shape index (κ1) is 24.3. The lowest BCUT2D eigenvalue weighted by molar-refractivity contribution is -0.165. The largest absolute Gasteiger partial charge is 0.493 e. The molecular weight excluding hydrogens is 439 g/mol. The highest BCUT2D eigenvalue weighted by Gasteiger charge is 2.38. The zero-order chi connectivity index (χ0) is 24.0. The van der Waals surface area contributed by atoms with Gasteiger partial charge in [0.2, 0.25) is 5.91 Å². The molecule has 1 unspecified atom stereocenters. The van der Waals surface area contributed by atoms with E-state index in [0.717, 1.165) is 16.4 Å². The van der Waals surface area contributed by atoms with E-state index in [4.69, 9.17) is 4.74 Å². The van der Waals surface area contributed by atoms with Gasteiger partial charge in [0.25, 0.3) is 0 Å². The van der Waals surface area contributed by atoms with E-state index < -0.39 is 30.5 Å². The van der Waals surface area contributed by atoms with E-state index in [2.05, 4.69) is 15.0 Å². The number of fused-ring (bicyclic) bond motifs is 1. The van der Waals surface area contributed by atoms with Crippen LogP contribution in [0.5, 0.6) is 5.75 Å². The van der Waals surface area contributed by atoms with Crippen molar-refractivity contribution in [2.24, 2.45) is 5.92 Å². The van der Waals surface area contributed by atoms with Gasteiger partial charge in [-0.3, -0.25) is 9.59 Å². The summed E-state index contributed by atoms with van der Waals surface area (Å²) >= 11 is 0. The molecule has 0 saturated carbocycles. The van der Waals surface area contributed by atoms with Crippen LogP contribution >= 0.6 is 0 Å². The van der Waals surface area contributed by atoms with Crippen molar-refractivity contribution in [3.05, 3.63) is 53.2 Å². The van der Waals surface area contributed by atoms with E-state index in [0.29, 0.717) is 29.9 Å². The van der Waals surface area contributed by atoms with E-state index in [1.54, 1.807) is 25.2 Å². The van der Waals surface area contributed by atoms with Gasteiger partial charge in [-0.1, -0.05) is 12.1 Å². The van der Waals surface area contributed by atoms with Crippen LogP contribution < -0.4 is 10.1 Å². The van der Waals surface area contributed by atoms with Gasteiger partial charge in [-0.25, -0.2) is 4.98 Å². The zero-order valence-electron chi connectivity index (χ0n) is 18.4. The molecule has 0 aliphatic carbocycles. The molecule has 1 aromatic heterocycles. The summed E-state index contributed by atoms with van der Waals surface area (Å²) < 4.78 is 49.8. The van der Waals surface area contributed by atoms with Gasteiger partial charge >= 0.3 is 12.1 Å². The quantitative estimate of drug-likeness (QED) is 0.603. The number of hydrogen-bond acceptors (Lipinski definition) is 6. The average Bonchev–Trinajstić information content (AvgIpc) is 2.89. The molecule has 1 aliphatic rings. The summed E-state index contributed by atoms with van der Waals surface area (Å²) in [5, 5.41) is 2.97. The standard InChI is InChI=1S/C23H26F3N3O4/c1-27-20-5-3-4-18(28-20)8-9-33-19-7-6-15-10-16(12-21(30)32-2)22(31)29(13-17(15)11-19)14-23(24,25)26/h3-7,11,16H,8-10,12-14H2,1-2H3,(H,27,28). The molecule has 1 atom stereocenters. The summed E-state index contributed by atoms with van der Waals surface area (Å²) in [4.78, 5) is 29.7. The molecule has 0 radical (unpaired) electrons. The van der Waals surface area contributed by atoms with Crippen LogP contribution in [0.3, 0.4) is 0 Å². The van der Waals surface area contributed by atoms with Gasteiger partial charge in [-0.2, -0.15) is 13.2 Å². The van der Waals surface area contributed by atoms with Crippen LogP contribution in [-0.2, 0) is 33.7 Å². The smallest absolute Gasteiger partial charge is 0.406 e. The molecule has 1 amide bonds. The molecule has 3 rings (SSSR count). The number of benzene rings is 1. The molecule has 1 aliphatic heterocycles. The second kappa shape index (κ2) is 10.5. The summed E-state index contributed by atoms with van der Waals surface area (Å²) in [7, 11) is 2.96. The zero-order valence-corrected chi connectivity index (χ0v) is 18.4. The van der Waals surface area contributed by atoms with Crippen molar-refractivity contribution in [2.45, 2.75) is 32.0 Å². The molecule has 2 heterocycles. The molecular formula is C23H26F3N3O4. The number of halogens is 3. The number of anilines is 1. The fraction of sp³-hybridized carbons (Fsp3) is 0.435. The number of pyridine rings is 1. The van der Waals surface area contributed by atoms with Crippen molar-refractivity contribution < 1.29 is 32.2 Å². The number of nitrogens with one attached hydrogen (secondary N) is 1. The lowest BCUT2D eigenvalue weighted by atomic mass is 9.94. The number of aromatic nitrogens is 1. The van der Waals surface area contributed by atoms with Crippen molar-refractivity contribution in [1.82, 2.24) is 9.88 Å². The van der Waals surface area contributed by atoms with Gasteiger partial charge < -0.3 is 19.7 Å². The van der Waals surface area contributed by atoms with Crippen LogP contribution in [0.15, 0.2) is 36.4 Å². The van der Waals surface area contributed by atoms with Crippen LogP contribution in [0.25, 0.3) is 0 Å². The van der Waals surface area contributed by atoms with Gasteiger partial charge in [0.05, 0.1) is 26.1 Å². The third kappa shape index (κ3) is 6.84. The van der Waals surface area contributed by atoms with Crippen LogP contribution in [0.2, 0.25) is 0 Å².